The number of nitrogens with one attached hydrogen (secondary N) is 2. The first-order valence-electron chi connectivity index (χ1n) is 8.71. The zero-order valence-electron chi connectivity index (χ0n) is 15.6. The molecule has 0 saturated carbocycles. The van der Waals surface area contributed by atoms with Crippen LogP contribution in [0.4, 0.5) is 11.6 Å². The lowest BCUT2D eigenvalue weighted by molar-refractivity contribution is -0.113. The Morgan fingerprint density at radius 3 is 2.86 bits per heavy atom. The van der Waals surface area contributed by atoms with Gasteiger partial charge >= 0.3 is 0 Å². The molecule has 0 bridgehead atoms. The van der Waals surface area contributed by atoms with Crippen LogP contribution >= 0.6 is 11.8 Å². The summed E-state index contributed by atoms with van der Waals surface area (Å²) in [6.07, 6.45) is 4.93. The Morgan fingerprint density at radius 2 is 2.14 bits per heavy atom. The number of nitrogens with zero attached hydrogens (tertiary/aromatic N) is 5. The van der Waals surface area contributed by atoms with Gasteiger partial charge in [-0.15, -0.1) is 10.2 Å². The number of pyridine rings is 1. The summed E-state index contributed by atoms with van der Waals surface area (Å²) in [5.41, 5.74) is 4.21. The molecular weight excluding hydrogens is 392 g/mol. The van der Waals surface area contributed by atoms with E-state index >= 15 is 0 Å². The highest BCUT2D eigenvalue weighted by molar-refractivity contribution is 7.99. The normalized spacial score (nSPS) is 10.8. The molecule has 0 radical (unpaired) electrons. The van der Waals surface area contributed by atoms with Crippen LogP contribution in [0.5, 0.6) is 5.75 Å². The number of anilines is 2. The third kappa shape index (κ3) is 5.94. The Balaban J connectivity index is 1.49. The number of hydrogen-bond acceptors (Lipinski definition) is 9. The van der Waals surface area contributed by atoms with Gasteiger partial charge in [-0.2, -0.15) is 5.10 Å². The molecule has 0 saturated heterocycles. The number of ether oxygens (including phenoxy) is 1. The fourth-order valence-electron chi connectivity index (χ4n) is 2.20. The molecular formula is C18H20N8O2S. The van der Waals surface area contributed by atoms with Crippen LogP contribution in [-0.4, -0.2) is 44.3 Å². The second-order valence-electron chi connectivity index (χ2n) is 5.63. The van der Waals surface area contributed by atoms with E-state index < -0.39 is 0 Å². The molecule has 29 heavy (non-hydrogen) atoms. The van der Waals surface area contributed by atoms with Crippen LogP contribution < -0.4 is 21.3 Å². The van der Waals surface area contributed by atoms with Crippen LogP contribution in [0.2, 0.25) is 0 Å². The van der Waals surface area contributed by atoms with Crippen LogP contribution in [0.15, 0.2) is 59.0 Å². The Morgan fingerprint density at radius 1 is 1.31 bits per heavy atom. The Hall–Kier alpha value is -3.60. The van der Waals surface area contributed by atoms with Crippen molar-refractivity contribution in [1.29, 1.82) is 0 Å². The number of nitrogen functional groups attached to an aromatic ring is 1. The van der Waals surface area contributed by atoms with Crippen LogP contribution in [0.25, 0.3) is 0 Å². The molecule has 0 fully saturated rings. The van der Waals surface area contributed by atoms with Crippen LogP contribution in [0.1, 0.15) is 12.5 Å². The van der Waals surface area contributed by atoms with Crippen molar-refractivity contribution in [2.24, 2.45) is 5.10 Å². The quantitative estimate of drug-likeness (QED) is 0.210. The third-order valence-electron chi connectivity index (χ3n) is 3.51. The fraction of sp³-hybridized carbons (Fsp3) is 0.167. The van der Waals surface area contributed by atoms with E-state index in [1.165, 1.54) is 4.68 Å². The maximum Gasteiger partial charge on any atom is 0.264 e. The van der Waals surface area contributed by atoms with Crippen molar-refractivity contribution in [2.75, 3.05) is 28.9 Å². The summed E-state index contributed by atoms with van der Waals surface area (Å²) in [5.74, 6) is 6.88. The number of carbonyl (C=O) groups excluding carboxylic acids is 1. The first kappa shape index (κ1) is 20.1. The van der Waals surface area contributed by atoms with Gasteiger partial charge < -0.3 is 15.9 Å². The molecule has 11 heteroatoms. The summed E-state index contributed by atoms with van der Waals surface area (Å²) in [6.45, 7) is 2.50. The van der Waals surface area contributed by atoms with Gasteiger partial charge in [0.25, 0.3) is 5.95 Å². The van der Waals surface area contributed by atoms with E-state index in [4.69, 9.17) is 10.6 Å². The number of amides is 1. The van der Waals surface area contributed by atoms with Crippen LogP contribution in [0.3, 0.4) is 0 Å². The number of benzene rings is 1. The van der Waals surface area contributed by atoms with Gasteiger partial charge in [0.1, 0.15) is 5.75 Å². The molecule has 10 nitrogen and oxygen atoms in total. The van der Waals surface area contributed by atoms with Crippen molar-refractivity contribution in [2.45, 2.75) is 12.1 Å². The molecule has 150 valence electrons. The molecule has 0 aliphatic carbocycles. The summed E-state index contributed by atoms with van der Waals surface area (Å²) >= 11 is 1.16. The Bertz CT molecular complexity index is 960. The van der Waals surface area contributed by atoms with Gasteiger partial charge in [0.2, 0.25) is 11.1 Å². The van der Waals surface area contributed by atoms with Crippen molar-refractivity contribution in [3.63, 3.8) is 0 Å². The topological polar surface area (TPSA) is 132 Å². The summed E-state index contributed by atoms with van der Waals surface area (Å²) in [4.78, 5) is 16.1. The lowest BCUT2D eigenvalue weighted by Crippen LogP contribution is -2.16. The average molecular weight is 412 g/mol. The monoisotopic (exact) mass is 412 g/mol. The van der Waals surface area contributed by atoms with Crippen molar-refractivity contribution in [3.8, 4) is 5.75 Å². The molecule has 1 amide bonds. The Kier molecular flexibility index (Phi) is 7.00. The van der Waals surface area contributed by atoms with Gasteiger partial charge in [-0.3, -0.25) is 9.78 Å². The van der Waals surface area contributed by atoms with Crippen molar-refractivity contribution < 1.29 is 9.53 Å². The highest BCUT2D eigenvalue weighted by Crippen LogP contribution is 2.19. The minimum atomic E-state index is -0.189. The minimum absolute atomic E-state index is 0.126. The van der Waals surface area contributed by atoms with Gasteiger partial charge in [-0.25, -0.2) is 10.1 Å². The van der Waals surface area contributed by atoms with E-state index in [2.05, 4.69) is 31.0 Å². The SMILES string of the molecule is CCOc1ccc(NC(=O)CSc2nnc(N/N=C/c3cccnc3)n2N)cc1. The minimum Gasteiger partial charge on any atom is -0.494 e. The average Bonchev–Trinajstić information content (AvgIpc) is 3.09. The van der Waals surface area contributed by atoms with Gasteiger partial charge in [-0.05, 0) is 37.3 Å². The number of thioether (sulfide) groups is 1. The zero-order valence-corrected chi connectivity index (χ0v) is 16.5. The second-order valence-corrected chi connectivity index (χ2v) is 6.57. The number of rotatable bonds is 9. The first-order valence-corrected chi connectivity index (χ1v) is 9.69. The number of hydrogen-bond donors (Lipinski definition) is 3. The third-order valence-corrected chi connectivity index (χ3v) is 4.45. The predicted octanol–water partition coefficient (Wildman–Crippen LogP) is 1.96. The van der Waals surface area contributed by atoms with E-state index in [-0.39, 0.29) is 17.6 Å². The number of carbonyl (C=O) groups is 1. The maximum atomic E-state index is 12.1. The maximum absolute atomic E-state index is 12.1. The largest absolute Gasteiger partial charge is 0.494 e. The molecule has 0 atom stereocenters. The smallest absolute Gasteiger partial charge is 0.264 e. The summed E-state index contributed by atoms with van der Waals surface area (Å²) in [7, 11) is 0. The van der Waals surface area contributed by atoms with E-state index in [1.54, 1.807) is 48.9 Å². The molecule has 0 unspecified atom stereocenters. The molecule has 0 aliphatic heterocycles. The molecule has 0 spiro atoms. The second kappa shape index (κ2) is 10.1. The number of nitrogens with two attached hydrogens (primary N) is 1. The fourth-order valence-corrected chi connectivity index (χ4v) is 2.85. The highest BCUT2D eigenvalue weighted by Gasteiger charge is 2.12. The highest BCUT2D eigenvalue weighted by atomic mass is 32.2. The Labute approximate surface area is 171 Å². The van der Waals surface area contributed by atoms with E-state index in [0.717, 1.165) is 23.1 Å². The van der Waals surface area contributed by atoms with Gasteiger partial charge in [0.15, 0.2) is 0 Å². The van der Waals surface area contributed by atoms with Gasteiger partial charge in [-0.1, -0.05) is 17.8 Å². The molecule has 0 aliphatic rings. The zero-order chi connectivity index (χ0) is 20.5. The standard InChI is InChI=1S/C18H20N8O2S/c1-2-28-15-7-5-14(6-8-15)22-16(27)12-29-18-25-24-17(26(18)19)23-21-11-13-4-3-9-20-10-13/h3-11H,2,12,19H2,1H3,(H,22,27)(H,23,24)/b21-11+. The van der Waals surface area contributed by atoms with Crippen molar-refractivity contribution >= 4 is 35.5 Å². The molecule has 3 rings (SSSR count). The molecule has 4 N–H and O–H groups in total. The molecule has 2 aromatic heterocycles. The summed E-state index contributed by atoms with van der Waals surface area (Å²) in [5, 5.41) is 15.1. The van der Waals surface area contributed by atoms with Gasteiger partial charge in [0, 0.05) is 23.6 Å². The van der Waals surface area contributed by atoms with E-state index in [9.17, 15) is 4.79 Å². The lowest BCUT2D eigenvalue weighted by atomic mass is 10.3. The molecule has 2 heterocycles. The van der Waals surface area contributed by atoms with E-state index in [0.29, 0.717) is 17.5 Å². The summed E-state index contributed by atoms with van der Waals surface area (Å²) < 4.78 is 6.60. The van der Waals surface area contributed by atoms with Crippen molar-refractivity contribution in [3.05, 3.63) is 54.4 Å². The molecule has 3 aromatic rings. The molecule has 1 aromatic carbocycles. The lowest BCUT2D eigenvalue weighted by Gasteiger charge is -2.07. The van der Waals surface area contributed by atoms with E-state index in [1.807, 2.05) is 13.0 Å². The predicted molar refractivity (Wildman–Crippen MR) is 113 cm³/mol. The number of aromatic nitrogens is 4. The number of hydrazone groups is 1. The van der Waals surface area contributed by atoms with Gasteiger partial charge in [0.05, 0.1) is 18.6 Å². The van der Waals surface area contributed by atoms with Crippen molar-refractivity contribution in [1.82, 2.24) is 19.9 Å². The van der Waals surface area contributed by atoms with Crippen LogP contribution in [0, 0.1) is 0 Å². The first-order chi connectivity index (χ1) is 14.2. The summed E-state index contributed by atoms with van der Waals surface area (Å²) in [6, 6.07) is 10.8. The van der Waals surface area contributed by atoms with Crippen LogP contribution in [-0.2, 0) is 4.79 Å².